The SMILES string of the molecule is CC(C)(C)NCc1cn(-c2ccc(F)cc2)nn1. The molecule has 2 aromatic rings. The van der Waals surface area contributed by atoms with Crippen LogP contribution in [0, 0.1) is 5.82 Å². The van der Waals surface area contributed by atoms with Gasteiger partial charge in [0.25, 0.3) is 0 Å². The summed E-state index contributed by atoms with van der Waals surface area (Å²) in [6.45, 7) is 6.94. The van der Waals surface area contributed by atoms with Crippen molar-refractivity contribution in [3.63, 3.8) is 0 Å². The second kappa shape index (κ2) is 4.86. The molecule has 5 heteroatoms. The standard InChI is InChI=1S/C13H17FN4/c1-13(2,3)15-8-11-9-18(17-16-11)12-6-4-10(14)5-7-12/h4-7,9,15H,8H2,1-3H3. The second-order valence-electron chi connectivity index (χ2n) is 5.23. The predicted octanol–water partition coefficient (Wildman–Crippen LogP) is 2.29. The fourth-order valence-electron chi connectivity index (χ4n) is 1.46. The first-order valence-electron chi connectivity index (χ1n) is 5.86. The van der Waals surface area contributed by atoms with Gasteiger partial charge in [-0.1, -0.05) is 5.21 Å². The average Bonchev–Trinajstić information content (AvgIpc) is 2.75. The first kappa shape index (κ1) is 12.7. The third-order valence-corrected chi connectivity index (χ3v) is 2.43. The van der Waals surface area contributed by atoms with Gasteiger partial charge in [-0.3, -0.25) is 0 Å². The van der Waals surface area contributed by atoms with Crippen molar-refractivity contribution >= 4 is 0 Å². The Morgan fingerprint density at radius 2 is 1.89 bits per heavy atom. The lowest BCUT2D eigenvalue weighted by Crippen LogP contribution is -2.35. The molecule has 4 nitrogen and oxygen atoms in total. The zero-order valence-electron chi connectivity index (χ0n) is 10.8. The van der Waals surface area contributed by atoms with E-state index in [-0.39, 0.29) is 11.4 Å². The summed E-state index contributed by atoms with van der Waals surface area (Å²) in [5.41, 5.74) is 1.69. The van der Waals surface area contributed by atoms with Crippen molar-refractivity contribution in [1.82, 2.24) is 20.3 Å². The van der Waals surface area contributed by atoms with Crippen LogP contribution in [-0.4, -0.2) is 20.5 Å². The topological polar surface area (TPSA) is 42.7 Å². The molecule has 1 aromatic heterocycles. The quantitative estimate of drug-likeness (QED) is 0.906. The van der Waals surface area contributed by atoms with Gasteiger partial charge in [-0.25, -0.2) is 9.07 Å². The summed E-state index contributed by atoms with van der Waals surface area (Å²) < 4.78 is 14.4. The van der Waals surface area contributed by atoms with E-state index in [9.17, 15) is 4.39 Å². The zero-order valence-corrected chi connectivity index (χ0v) is 10.8. The lowest BCUT2D eigenvalue weighted by atomic mass is 10.1. The van der Waals surface area contributed by atoms with E-state index in [0.717, 1.165) is 11.4 Å². The van der Waals surface area contributed by atoms with Crippen molar-refractivity contribution in [1.29, 1.82) is 0 Å². The fourth-order valence-corrected chi connectivity index (χ4v) is 1.46. The molecule has 0 unspecified atom stereocenters. The van der Waals surface area contributed by atoms with E-state index >= 15 is 0 Å². The molecule has 0 aliphatic carbocycles. The zero-order chi connectivity index (χ0) is 13.2. The van der Waals surface area contributed by atoms with Gasteiger partial charge in [-0.05, 0) is 45.0 Å². The van der Waals surface area contributed by atoms with Crippen molar-refractivity contribution in [3.8, 4) is 5.69 Å². The highest BCUT2D eigenvalue weighted by atomic mass is 19.1. The number of nitrogens with zero attached hydrogens (tertiary/aromatic N) is 3. The number of rotatable bonds is 3. The summed E-state index contributed by atoms with van der Waals surface area (Å²) in [5.74, 6) is -0.256. The smallest absolute Gasteiger partial charge is 0.123 e. The summed E-state index contributed by atoms with van der Waals surface area (Å²) in [6, 6.07) is 6.16. The Kier molecular flexibility index (Phi) is 3.43. The van der Waals surface area contributed by atoms with Gasteiger partial charge in [0.2, 0.25) is 0 Å². The molecule has 0 saturated carbocycles. The van der Waals surface area contributed by atoms with Crippen LogP contribution in [0.5, 0.6) is 0 Å². The minimum atomic E-state index is -0.256. The van der Waals surface area contributed by atoms with Crippen molar-refractivity contribution in [3.05, 3.63) is 42.0 Å². The maximum atomic E-state index is 12.8. The van der Waals surface area contributed by atoms with Gasteiger partial charge in [0.1, 0.15) is 5.82 Å². The maximum Gasteiger partial charge on any atom is 0.123 e. The van der Waals surface area contributed by atoms with Gasteiger partial charge < -0.3 is 5.32 Å². The average molecular weight is 248 g/mol. The van der Waals surface area contributed by atoms with Crippen LogP contribution < -0.4 is 5.32 Å². The number of hydrogen-bond acceptors (Lipinski definition) is 3. The van der Waals surface area contributed by atoms with E-state index in [1.54, 1.807) is 16.8 Å². The summed E-state index contributed by atoms with van der Waals surface area (Å²) in [4.78, 5) is 0. The van der Waals surface area contributed by atoms with Crippen molar-refractivity contribution < 1.29 is 4.39 Å². The van der Waals surface area contributed by atoms with Crippen LogP contribution in [0.4, 0.5) is 4.39 Å². The number of aromatic nitrogens is 3. The first-order valence-corrected chi connectivity index (χ1v) is 5.86. The lowest BCUT2D eigenvalue weighted by molar-refractivity contribution is 0.421. The summed E-state index contributed by atoms with van der Waals surface area (Å²) in [7, 11) is 0. The largest absolute Gasteiger partial charge is 0.306 e. The molecule has 0 bridgehead atoms. The van der Waals surface area contributed by atoms with Crippen LogP contribution in [0.25, 0.3) is 5.69 Å². The molecular formula is C13H17FN4. The van der Waals surface area contributed by atoms with Gasteiger partial charge in [-0.2, -0.15) is 0 Å². The molecule has 0 fully saturated rings. The van der Waals surface area contributed by atoms with Crippen LogP contribution in [0.1, 0.15) is 26.5 Å². The fraction of sp³-hybridized carbons (Fsp3) is 0.385. The molecule has 18 heavy (non-hydrogen) atoms. The molecule has 0 saturated heterocycles. The van der Waals surface area contributed by atoms with Crippen molar-refractivity contribution in [2.24, 2.45) is 0 Å². The number of nitrogens with one attached hydrogen (secondary N) is 1. The highest BCUT2D eigenvalue weighted by molar-refractivity contribution is 5.30. The van der Waals surface area contributed by atoms with Gasteiger partial charge in [0, 0.05) is 12.1 Å². The molecule has 96 valence electrons. The van der Waals surface area contributed by atoms with Crippen LogP contribution in [0.15, 0.2) is 30.5 Å². The third-order valence-electron chi connectivity index (χ3n) is 2.43. The monoisotopic (exact) mass is 248 g/mol. The number of benzene rings is 1. The molecule has 0 amide bonds. The first-order chi connectivity index (χ1) is 8.44. The van der Waals surface area contributed by atoms with Crippen LogP contribution in [-0.2, 0) is 6.54 Å². The van der Waals surface area contributed by atoms with Gasteiger partial charge in [0.15, 0.2) is 0 Å². The Labute approximate surface area is 106 Å². The lowest BCUT2D eigenvalue weighted by Gasteiger charge is -2.19. The molecular weight excluding hydrogens is 231 g/mol. The Balaban J connectivity index is 2.08. The minimum Gasteiger partial charge on any atom is -0.306 e. The highest BCUT2D eigenvalue weighted by Crippen LogP contribution is 2.08. The Morgan fingerprint density at radius 3 is 2.50 bits per heavy atom. The summed E-state index contributed by atoms with van der Waals surface area (Å²) >= 11 is 0. The molecule has 2 rings (SSSR count). The summed E-state index contributed by atoms with van der Waals surface area (Å²) in [5, 5.41) is 11.4. The van der Waals surface area contributed by atoms with Gasteiger partial charge in [0.05, 0.1) is 17.6 Å². The minimum absolute atomic E-state index is 0.0413. The van der Waals surface area contributed by atoms with Crippen molar-refractivity contribution in [2.75, 3.05) is 0 Å². The molecule has 1 aromatic carbocycles. The number of hydrogen-bond donors (Lipinski definition) is 1. The van der Waals surface area contributed by atoms with E-state index in [1.807, 2.05) is 6.20 Å². The third kappa shape index (κ3) is 3.37. The maximum absolute atomic E-state index is 12.8. The van der Waals surface area contributed by atoms with Crippen LogP contribution in [0.2, 0.25) is 0 Å². The van der Waals surface area contributed by atoms with Crippen LogP contribution >= 0.6 is 0 Å². The van der Waals surface area contributed by atoms with Gasteiger partial charge >= 0.3 is 0 Å². The molecule has 0 aliphatic heterocycles. The van der Waals surface area contributed by atoms with E-state index in [4.69, 9.17) is 0 Å². The normalized spacial score (nSPS) is 11.8. The van der Waals surface area contributed by atoms with Crippen molar-refractivity contribution in [2.45, 2.75) is 32.9 Å². The Morgan fingerprint density at radius 1 is 1.22 bits per heavy atom. The van der Waals surface area contributed by atoms with E-state index in [0.29, 0.717) is 6.54 Å². The molecule has 0 radical (unpaired) electrons. The molecule has 0 atom stereocenters. The van der Waals surface area contributed by atoms with E-state index < -0.39 is 0 Å². The predicted molar refractivity (Wildman–Crippen MR) is 67.9 cm³/mol. The Hall–Kier alpha value is -1.75. The second-order valence-corrected chi connectivity index (χ2v) is 5.23. The van der Waals surface area contributed by atoms with E-state index in [2.05, 4.69) is 36.4 Å². The summed E-state index contributed by atoms with van der Waals surface area (Å²) in [6.07, 6.45) is 1.84. The molecule has 1 heterocycles. The Bertz CT molecular complexity index is 511. The molecule has 1 N–H and O–H groups in total. The highest BCUT2D eigenvalue weighted by Gasteiger charge is 2.10. The van der Waals surface area contributed by atoms with Crippen LogP contribution in [0.3, 0.4) is 0 Å². The molecule has 0 aliphatic rings. The molecule has 0 spiro atoms. The number of halogens is 1. The van der Waals surface area contributed by atoms with E-state index in [1.165, 1.54) is 12.1 Å². The van der Waals surface area contributed by atoms with Gasteiger partial charge in [-0.15, -0.1) is 5.10 Å².